The smallest absolute Gasteiger partial charge is 0.435 e. The fourth-order valence-corrected chi connectivity index (χ4v) is 2.33. The van der Waals surface area contributed by atoms with Crippen LogP contribution < -0.4 is 0 Å². The zero-order valence-electron chi connectivity index (χ0n) is 15.5. The van der Waals surface area contributed by atoms with Gasteiger partial charge >= 0.3 is 12.1 Å². The summed E-state index contributed by atoms with van der Waals surface area (Å²) >= 11 is 0. The normalized spacial score (nSPS) is 10.8. The first-order valence-corrected chi connectivity index (χ1v) is 8.56. The summed E-state index contributed by atoms with van der Waals surface area (Å²) < 4.78 is 44.6. The van der Waals surface area contributed by atoms with Crippen LogP contribution in [-0.2, 0) is 17.5 Å². The molecule has 0 amide bonds. The van der Waals surface area contributed by atoms with Crippen molar-refractivity contribution in [3.8, 4) is 0 Å². The molecule has 0 aliphatic heterocycles. The number of aromatic nitrogens is 3. The molecule has 0 aliphatic rings. The summed E-state index contributed by atoms with van der Waals surface area (Å²) in [6, 6.07) is 18.7. The van der Waals surface area contributed by atoms with Crippen molar-refractivity contribution in [2.45, 2.75) is 26.6 Å². The molecule has 0 bridgehead atoms. The van der Waals surface area contributed by atoms with Crippen LogP contribution in [0.2, 0.25) is 0 Å². The van der Waals surface area contributed by atoms with E-state index in [9.17, 15) is 18.0 Å². The first-order valence-electron chi connectivity index (χ1n) is 8.56. The van der Waals surface area contributed by atoms with Crippen LogP contribution in [0.3, 0.4) is 0 Å². The zero-order valence-corrected chi connectivity index (χ0v) is 15.5. The van der Waals surface area contributed by atoms with E-state index in [-0.39, 0.29) is 13.2 Å². The van der Waals surface area contributed by atoms with Crippen LogP contribution in [0.1, 0.15) is 34.2 Å². The summed E-state index contributed by atoms with van der Waals surface area (Å²) in [4.78, 5) is 11.5. The highest BCUT2D eigenvalue weighted by Crippen LogP contribution is 2.31. The lowest BCUT2D eigenvalue weighted by Gasteiger charge is -2.10. The van der Waals surface area contributed by atoms with Gasteiger partial charge in [-0.1, -0.05) is 71.4 Å². The summed E-state index contributed by atoms with van der Waals surface area (Å²) in [5.41, 5.74) is -0.0871. The van der Waals surface area contributed by atoms with Gasteiger partial charge in [-0.15, -0.1) is 5.10 Å². The minimum atomic E-state index is -4.75. The molecular formula is C20H20F3N3O2. The number of alkyl halides is 3. The van der Waals surface area contributed by atoms with Gasteiger partial charge in [0.15, 0.2) is 5.69 Å². The van der Waals surface area contributed by atoms with Crippen LogP contribution >= 0.6 is 0 Å². The van der Waals surface area contributed by atoms with Gasteiger partial charge in [-0.3, -0.25) is 0 Å². The van der Waals surface area contributed by atoms with Crippen LogP contribution in [0.25, 0.3) is 0 Å². The van der Waals surface area contributed by atoms with E-state index in [0.29, 0.717) is 10.2 Å². The first kappa shape index (κ1) is 21.1. The number of halogens is 3. The zero-order chi connectivity index (χ0) is 20.6. The average Bonchev–Trinajstić information content (AvgIpc) is 3.08. The number of aryl methyl sites for hydroxylation is 1. The van der Waals surface area contributed by atoms with Gasteiger partial charge in [-0.2, -0.15) is 13.2 Å². The standard InChI is InChI=1S/C13H12F3N3O2.C7H8/c1-2-21-12(20)10-11(13(14,15)16)19(18-17-10)8-9-6-4-3-5-7-9;1-7-5-3-2-4-6-7/h3-7H,2,8H2,1H3;2-6H,1H3. The van der Waals surface area contributed by atoms with Gasteiger partial charge in [-0.05, 0) is 19.4 Å². The Morgan fingerprint density at radius 1 is 1.04 bits per heavy atom. The predicted octanol–water partition coefficient (Wildman–Crippen LogP) is 4.52. The molecule has 28 heavy (non-hydrogen) atoms. The molecule has 0 N–H and O–H groups in total. The van der Waals surface area contributed by atoms with Crippen molar-refractivity contribution >= 4 is 5.97 Å². The molecule has 8 heteroatoms. The maximum Gasteiger partial charge on any atom is 0.435 e. The molecule has 1 heterocycles. The Kier molecular flexibility index (Phi) is 7.31. The second kappa shape index (κ2) is 9.68. The van der Waals surface area contributed by atoms with Crippen LogP contribution in [0, 0.1) is 6.92 Å². The number of ether oxygens (including phenoxy) is 1. The van der Waals surface area contributed by atoms with E-state index in [1.165, 1.54) is 12.5 Å². The van der Waals surface area contributed by atoms with Gasteiger partial charge in [0.05, 0.1) is 13.2 Å². The van der Waals surface area contributed by atoms with Crippen molar-refractivity contribution in [2.24, 2.45) is 0 Å². The number of esters is 1. The van der Waals surface area contributed by atoms with E-state index in [2.05, 4.69) is 34.1 Å². The fourth-order valence-electron chi connectivity index (χ4n) is 2.33. The monoisotopic (exact) mass is 391 g/mol. The van der Waals surface area contributed by atoms with Gasteiger partial charge < -0.3 is 4.74 Å². The van der Waals surface area contributed by atoms with E-state index in [1.54, 1.807) is 30.3 Å². The lowest BCUT2D eigenvalue weighted by molar-refractivity contribution is -0.144. The van der Waals surface area contributed by atoms with E-state index >= 15 is 0 Å². The van der Waals surface area contributed by atoms with E-state index < -0.39 is 23.5 Å². The SMILES string of the molecule is CCOC(=O)c1nnn(Cc2ccccc2)c1C(F)(F)F.Cc1ccccc1. The third-order valence-electron chi connectivity index (χ3n) is 3.59. The van der Waals surface area contributed by atoms with Crippen LogP contribution in [0.5, 0.6) is 0 Å². The fraction of sp³-hybridized carbons (Fsp3) is 0.250. The minimum Gasteiger partial charge on any atom is -0.461 e. The summed E-state index contributed by atoms with van der Waals surface area (Å²) in [6.07, 6.45) is -4.75. The Bertz CT molecular complexity index is 879. The third-order valence-corrected chi connectivity index (χ3v) is 3.59. The summed E-state index contributed by atoms with van der Waals surface area (Å²) in [7, 11) is 0. The van der Waals surface area contributed by atoms with E-state index in [4.69, 9.17) is 0 Å². The molecule has 0 radical (unpaired) electrons. The number of carbonyl (C=O) groups is 1. The molecule has 0 aliphatic carbocycles. The maximum atomic E-state index is 13.1. The Morgan fingerprint density at radius 2 is 1.61 bits per heavy atom. The maximum absolute atomic E-state index is 13.1. The Morgan fingerprint density at radius 3 is 2.07 bits per heavy atom. The van der Waals surface area contributed by atoms with Gasteiger partial charge in [0.1, 0.15) is 0 Å². The molecule has 0 saturated heterocycles. The highest BCUT2D eigenvalue weighted by Gasteiger charge is 2.42. The first-order chi connectivity index (χ1) is 13.3. The van der Waals surface area contributed by atoms with Crippen LogP contribution in [-0.4, -0.2) is 27.6 Å². The quantitative estimate of drug-likeness (QED) is 0.614. The molecular weight excluding hydrogens is 371 g/mol. The molecule has 0 spiro atoms. The predicted molar refractivity (Wildman–Crippen MR) is 97.7 cm³/mol. The minimum absolute atomic E-state index is 0.0400. The average molecular weight is 391 g/mol. The number of hydrogen-bond acceptors (Lipinski definition) is 4. The van der Waals surface area contributed by atoms with Crippen molar-refractivity contribution in [3.05, 3.63) is 83.2 Å². The summed E-state index contributed by atoms with van der Waals surface area (Å²) in [6.45, 7) is 3.41. The van der Waals surface area contributed by atoms with Gasteiger partial charge in [0.2, 0.25) is 5.69 Å². The molecule has 3 aromatic rings. The highest BCUT2D eigenvalue weighted by atomic mass is 19.4. The molecule has 3 rings (SSSR count). The Hall–Kier alpha value is -3.16. The van der Waals surface area contributed by atoms with Crippen LogP contribution in [0.15, 0.2) is 60.7 Å². The second-order valence-corrected chi connectivity index (χ2v) is 5.80. The molecule has 5 nitrogen and oxygen atoms in total. The van der Waals surface area contributed by atoms with Crippen molar-refractivity contribution in [1.29, 1.82) is 0 Å². The van der Waals surface area contributed by atoms with Crippen molar-refractivity contribution in [2.75, 3.05) is 6.61 Å². The third kappa shape index (κ3) is 5.94. The van der Waals surface area contributed by atoms with Crippen LogP contribution in [0.4, 0.5) is 13.2 Å². The molecule has 0 fully saturated rings. The summed E-state index contributed by atoms with van der Waals surface area (Å²) in [5, 5.41) is 6.74. The lowest BCUT2D eigenvalue weighted by atomic mass is 10.2. The topological polar surface area (TPSA) is 57.0 Å². The number of rotatable bonds is 4. The second-order valence-electron chi connectivity index (χ2n) is 5.80. The number of hydrogen-bond donors (Lipinski definition) is 0. The Labute approximate surface area is 160 Å². The molecule has 0 unspecified atom stereocenters. The number of carbonyl (C=O) groups excluding carboxylic acids is 1. The summed E-state index contributed by atoms with van der Waals surface area (Å²) in [5.74, 6) is -1.14. The van der Waals surface area contributed by atoms with Crippen molar-refractivity contribution in [3.63, 3.8) is 0 Å². The largest absolute Gasteiger partial charge is 0.461 e. The molecule has 2 aromatic carbocycles. The van der Waals surface area contributed by atoms with Gasteiger partial charge in [0.25, 0.3) is 0 Å². The van der Waals surface area contributed by atoms with Gasteiger partial charge in [0, 0.05) is 0 Å². The lowest BCUT2D eigenvalue weighted by Crippen LogP contribution is -2.20. The molecule has 0 atom stereocenters. The highest BCUT2D eigenvalue weighted by molar-refractivity contribution is 5.88. The van der Waals surface area contributed by atoms with Crippen molar-refractivity contribution < 1.29 is 22.7 Å². The van der Waals surface area contributed by atoms with E-state index in [0.717, 1.165) is 0 Å². The van der Waals surface area contributed by atoms with Gasteiger partial charge in [-0.25, -0.2) is 9.48 Å². The Balaban J connectivity index is 0.000000336. The molecule has 1 aromatic heterocycles. The number of benzene rings is 2. The molecule has 0 saturated carbocycles. The molecule has 148 valence electrons. The number of nitrogens with zero attached hydrogens (tertiary/aromatic N) is 3. The van der Waals surface area contributed by atoms with E-state index in [1.807, 2.05) is 18.2 Å². The van der Waals surface area contributed by atoms with Crippen molar-refractivity contribution in [1.82, 2.24) is 15.0 Å².